The Bertz CT molecular complexity index is 502. The van der Waals surface area contributed by atoms with Gasteiger partial charge in [0.25, 0.3) is 0 Å². The molecule has 0 unspecified atom stereocenters. The van der Waals surface area contributed by atoms with Crippen LogP contribution in [0.25, 0.3) is 11.1 Å². The third-order valence-electron chi connectivity index (χ3n) is 2.23. The molecule has 0 saturated heterocycles. The van der Waals surface area contributed by atoms with E-state index in [-0.39, 0.29) is 5.56 Å². The quantitative estimate of drug-likeness (QED) is 0.823. The second-order valence-corrected chi connectivity index (χ2v) is 3.18. The Morgan fingerprint density at radius 3 is 2.81 bits per heavy atom. The van der Waals surface area contributed by atoms with Gasteiger partial charge in [0.2, 0.25) is 5.88 Å². The van der Waals surface area contributed by atoms with Crippen molar-refractivity contribution >= 4 is 5.97 Å². The van der Waals surface area contributed by atoms with Crippen molar-refractivity contribution in [2.24, 2.45) is 0 Å². The van der Waals surface area contributed by atoms with Crippen LogP contribution in [0.4, 0.5) is 0 Å². The number of pyridine rings is 1. The maximum atomic E-state index is 10.9. The van der Waals surface area contributed by atoms with Crippen molar-refractivity contribution in [1.82, 2.24) is 9.97 Å². The normalized spacial score (nSPS) is 10.1. The average molecular weight is 218 g/mol. The monoisotopic (exact) mass is 218 g/mol. The Hall–Kier alpha value is -2.30. The minimum absolute atomic E-state index is 0.229. The Kier molecular flexibility index (Phi) is 2.59. The molecule has 5 nitrogen and oxygen atoms in total. The first-order chi connectivity index (χ1) is 7.72. The number of aromatic amines is 1. The maximum absolute atomic E-state index is 10.9. The summed E-state index contributed by atoms with van der Waals surface area (Å²) in [5.41, 5.74) is 1.58. The van der Waals surface area contributed by atoms with E-state index in [1.165, 1.54) is 13.3 Å². The number of carboxylic acid groups (broad SMARTS) is 1. The Morgan fingerprint density at radius 1 is 1.44 bits per heavy atom. The number of carbonyl (C=O) groups is 1. The molecule has 0 aliphatic carbocycles. The van der Waals surface area contributed by atoms with Crippen LogP contribution in [0.5, 0.6) is 5.88 Å². The van der Waals surface area contributed by atoms with Gasteiger partial charge in [-0.2, -0.15) is 0 Å². The molecule has 0 amide bonds. The lowest BCUT2D eigenvalue weighted by Crippen LogP contribution is -1.96. The van der Waals surface area contributed by atoms with Gasteiger partial charge in [0.05, 0.1) is 12.7 Å². The second-order valence-electron chi connectivity index (χ2n) is 3.18. The van der Waals surface area contributed by atoms with Gasteiger partial charge >= 0.3 is 5.97 Å². The minimum atomic E-state index is -0.966. The van der Waals surface area contributed by atoms with Crippen LogP contribution < -0.4 is 4.74 Å². The van der Waals surface area contributed by atoms with Gasteiger partial charge in [-0.15, -0.1) is 0 Å². The van der Waals surface area contributed by atoms with Crippen LogP contribution in [-0.4, -0.2) is 28.2 Å². The molecule has 2 rings (SSSR count). The fourth-order valence-electron chi connectivity index (χ4n) is 1.44. The van der Waals surface area contributed by atoms with E-state index < -0.39 is 5.97 Å². The summed E-state index contributed by atoms with van der Waals surface area (Å²) in [5, 5.41) is 8.95. The Labute approximate surface area is 91.7 Å². The van der Waals surface area contributed by atoms with E-state index in [0.29, 0.717) is 11.4 Å². The van der Waals surface area contributed by atoms with E-state index in [2.05, 4.69) is 9.97 Å². The third kappa shape index (κ3) is 1.75. The zero-order chi connectivity index (χ0) is 11.5. The zero-order valence-electron chi connectivity index (χ0n) is 8.60. The van der Waals surface area contributed by atoms with Crippen molar-refractivity contribution in [1.29, 1.82) is 0 Å². The summed E-state index contributed by atoms with van der Waals surface area (Å²) in [6, 6.07) is 3.45. The lowest BCUT2D eigenvalue weighted by atomic mass is 10.1. The first-order valence-electron chi connectivity index (χ1n) is 4.63. The lowest BCUT2D eigenvalue weighted by Gasteiger charge is -2.01. The molecule has 0 aliphatic heterocycles. The molecule has 2 heterocycles. The topological polar surface area (TPSA) is 75.2 Å². The van der Waals surface area contributed by atoms with Gasteiger partial charge in [0.1, 0.15) is 0 Å². The van der Waals surface area contributed by atoms with Gasteiger partial charge in [-0.05, 0) is 6.07 Å². The van der Waals surface area contributed by atoms with Crippen LogP contribution in [0.1, 0.15) is 10.4 Å². The highest BCUT2D eigenvalue weighted by Crippen LogP contribution is 2.23. The van der Waals surface area contributed by atoms with Crippen molar-refractivity contribution < 1.29 is 14.6 Å². The van der Waals surface area contributed by atoms with Crippen molar-refractivity contribution in [3.63, 3.8) is 0 Å². The summed E-state index contributed by atoms with van der Waals surface area (Å²) < 4.78 is 4.93. The fourth-order valence-corrected chi connectivity index (χ4v) is 1.44. The smallest absolute Gasteiger partial charge is 0.337 e. The number of rotatable bonds is 3. The van der Waals surface area contributed by atoms with Crippen molar-refractivity contribution in [2.75, 3.05) is 7.11 Å². The average Bonchev–Trinajstić information content (AvgIpc) is 2.78. The Balaban J connectivity index is 2.42. The number of ether oxygens (including phenoxy) is 1. The zero-order valence-corrected chi connectivity index (χ0v) is 8.60. The summed E-state index contributed by atoms with van der Waals surface area (Å²) >= 11 is 0. The predicted octanol–water partition coefficient (Wildman–Crippen LogP) is 1.78. The van der Waals surface area contributed by atoms with Crippen LogP contribution in [0, 0.1) is 0 Å². The summed E-state index contributed by atoms with van der Waals surface area (Å²) in [5.74, 6) is -0.469. The second kappa shape index (κ2) is 4.06. The van der Waals surface area contributed by atoms with Gasteiger partial charge in [-0.1, -0.05) is 0 Å². The van der Waals surface area contributed by atoms with Gasteiger partial charge in [0, 0.05) is 35.8 Å². The summed E-state index contributed by atoms with van der Waals surface area (Å²) in [7, 11) is 1.53. The van der Waals surface area contributed by atoms with Crippen LogP contribution >= 0.6 is 0 Å². The number of aromatic carboxylic acids is 1. The lowest BCUT2D eigenvalue weighted by molar-refractivity contribution is 0.0698. The molecule has 0 radical (unpaired) electrons. The van der Waals surface area contributed by atoms with E-state index in [9.17, 15) is 4.79 Å². The molecule has 0 atom stereocenters. The number of methoxy groups -OCH3 is 1. The molecular weight excluding hydrogens is 208 g/mol. The summed E-state index contributed by atoms with van der Waals surface area (Å²) in [6.07, 6.45) is 4.66. The molecule has 0 aromatic carbocycles. The maximum Gasteiger partial charge on any atom is 0.337 e. The van der Waals surface area contributed by atoms with Crippen molar-refractivity contribution in [2.45, 2.75) is 0 Å². The van der Waals surface area contributed by atoms with E-state index >= 15 is 0 Å². The number of hydrogen-bond donors (Lipinski definition) is 2. The number of nitrogens with one attached hydrogen (secondary N) is 1. The fraction of sp³-hybridized carbons (Fsp3) is 0.0909. The van der Waals surface area contributed by atoms with Gasteiger partial charge in [-0.25, -0.2) is 9.78 Å². The summed E-state index contributed by atoms with van der Waals surface area (Å²) in [6.45, 7) is 0. The minimum Gasteiger partial charge on any atom is -0.481 e. The molecule has 2 N–H and O–H groups in total. The van der Waals surface area contributed by atoms with Crippen molar-refractivity contribution in [3.05, 3.63) is 36.3 Å². The first-order valence-corrected chi connectivity index (χ1v) is 4.63. The van der Waals surface area contributed by atoms with Gasteiger partial charge in [-0.3, -0.25) is 0 Å². The van der Waals surface area contributed by atoms with Crippen LogP contribution in [0.2, 0.25) is 0 Å². The molecule has 2 aromatic heterocycles. The number of nitrogens with zero attached hydrogens (tertiary/aromatic N) is 1. The number of hydrogen-bond acceptors (Lipinski definition) is 3. The van der Waals surface area contributed by atoms with Crippen LogP contribution in [0.15, 0.2) is 30.7 Å². The molecule has 82 valence electrons. The SMILES string of the molecule is COc1ccc(-c2c[nH]cc2C(=O)O)cn1. The highest BCUT2D eigenvalue weighted by molar-refractivity contribution is 5.95. The third-order valence-corrected chi connectivity index (χ3v) is 2.23. The highest BCUT2D eigenvalue weighted by atomic mass is 16.5. The van der Waals surface area contributed by atoms with Crippen LogP contribution in [-0.2, 0) is 0 Å². The number of aromatic nitrogens is 2. The van der Waals surface area contributed by atoms with E-state index in [4.69, 9.17) is 9.84 Å². The molecule has 0 saturated carbocycles. The molecule has 0 aliphatic rings. The van der Waals surface area contributed by atoms with Gasteiger partial charge < -0.3 is 14.8 Å². The summed E-state index contributed by atoms with van der Waals surface area (Å²) in [4.78, 5) is 17.7. The molecule has 0 spiro atoms. The molecule has 2 aromatic rings. The molecule has 0 bridgehead atoms. The Morgan fingerprint density at radius 2 is 2.25 bits per heavy atom. The predicted molar refractivity (Wildman–Crippen MR) is 57.5 cm³/mol. The number of carboxylic acids is 1. The molecule has 5 heteroatoms. The van der Waals surface area contributed by atoms with Crippen LogP contribution in [0.3, 0.4) is 0 Å². The number of H-pyrrole nitrogens is 1. The highest BCUT2D eigenvalue weighted by Gasteiger charge is 2.12. The van der Waals surface area contributed by atoms with Gasteiger partial charge in [0.15, 0.2) is 0 Å². The van der Waals surface area contributed by atoms with E-state index in [1.807, 2.05) is 0 Å². The molecular formula is C11H10N2O3. The first kappa shape index (κ1) is 10.2. The molecule has 16 heavy (non-hydrogen) atoms. The van der Waals surface area contributed by atoms with E-state index in [0.717, 1.165) is 5.56 Å². The molecule has 0 fully saturated rings. The largest absolute Gasteiger partial charge is 0.481 e. The van der Waals surface area contributed by atoms with Crippen molar-refractivity contribution in [3.8, 4) is 17.0 Å². The standard InChI is InChI=1S/C11H10N2O3/c1-16-10-3-2-7(4-13-10)8-5-12-6-9(8)11(14)15/h2-6,12H,1H3,(H,14,15). The van der Waals surface area contributed by atoms with E-state index in [1.54, 1.807) is 24.5 Å².